The second kappa shape index (κ2) is 4.74. The first kappa shape index (κ1) is 14.8. The van der Waals surface area contributed by atoms with Gasteiger partial charge in [-0.1, -0.05) is 11.6 Å². The van der Waals surface area contributed by atoms with E-state index in [4.69, 9.17) is 16.2 Å². The van der Waals surface area contributed by atoms with Gasteiger partial charge in [-0.25, -0.2) is 0 Å². The van der Waals surface area contributed by atoms with Crippen molar-refractivity contribution < 1.29 is 23.4 Å². The van der Waals surface area contributed by atoms with E-state index < -0.39 is 25.6 Å². The van der Waals surface area contributed by atoms with E-state index in [1.54, 1.807) is 0 Å². The summed E-state index contributed by atoms with van der Waals surface area (Å²) < 4.78 is 30.4. The maximum Gasteiger partial charge on any atom is 0.301 e. The fourth-order valence-corrected chi connectivity index (χ4v) is 1.89. The number of hydrogen-bond donors (Lipinski definition) is 1. The molecule has 9 heteroatoms. The van der Waals surface area contributed by atoms with Crippen molar-refractivity contribution in [1.82, 2.24) is 0 Å². The average molecular weight is 270 g/mol. The molecular formula is C7H8ClNO6S. The Kier molecular flexibility index (Phi) is 4.38. The molecule has 0 heterocycles. The number of halogens is 1. The minimum atomic E-state index is -4.64. The molecule has 1 rings (SSSR count). The lowest BCUT2D eigenvalue weighted by molar-refractivity contribution is -0.387. The molecule has 0 radical (unpaired) electrons. The Hall–Kier alpha value is -1.22. The Bertz CT molecular complexity index is 526. The minimum absolute atomic E-state index is 0. The molecule has 0 saturated heterocycles. The van der Waals surface area contributed by atoms with Crippen LogP contribution in [0, 0.1) is 17.0 Å². The smallest absolute Gasteiger partial charge is 0.301 e. The van der Waals surface area contributed by atoms with Crippen LogP contribution in [0.2, 0.25) is 5.02 Å². The molecule has 0 spiro atoms. The summed E-state index contributed by atoms with van der Waals surface area (Å²) in [6, 6.07) is 1.84. The molecule has 90 valence electrons. The van der Waals surface area contributed by atoms with E-state index >= 15 is 0 Å². The van der Waals surface area contributed by atoms with Crippen molar-refractivity contribution in [1.29, 1.82) is 0 Å². The second-order valence-electron chi connectivity index (χ2n) is 2.80. The lowest BCUT2D eigenvalue weighted by Crippen LogP contribution is -2.03. The molecular weight excluding hydrogens is 262 g/mol. The third-order valence-corrected chi connectivity index (χ3v) is 3.00. The summed E-state index contributed by atoms with van der Waals surface area (Å²) in [4.78, 5) is 8.82. The van der Waals surface area contributed by atoms with Crippen molar-refractivity contribution in [3.05, 3.63) is 32.8 Å². The number of aryl methyl sites for hydroxylation is 1. The van der Waals surface area contributed by atoms with E-state index in [2.05, 4.69) is 0 Å². The first-order valence-corrected chi connectivity index (χ1v) is 5.47. The van der Waals surface area contributed by atoms with Gasteiger partial charge in [0.15, 0.2) is 4.90 Å². The van der Waals surface area contributed by atoms with Gasteiger partial charge in [0.05, 0.1) is 4.92 Å². The van der Waals surface area contributed by atoms with Crippen LogP contribution in [-0.2, 0) is 10.1 Å². The summed E-state index contributed by atoms with van der Waals surface area (Å²) in [5.74, 6) is 0. The van der Waals surface area contributed by atoms with Gasteiger partial charge in [0.2, 0.25) is 0 Å². The molecule has 0 saturated carbocycles. The Morgan fingerprint density at radius 2 is 1.94 bits per heavy atom. The minimum Gasteiger partial charge on any atom is -0.412 e. The number of nitro groups is 1. The fourth-order valence-electron chi connectivity index (χ4n) is 0.997. The van der Waals surface area contributed by atoms with E-state index in [-0.39, 0.29) is 10.5 Å². The number of nitrogens with zero attached hydrogens (tertiary/aromatic N) is 1. The summed E-state index contributed by atoms with van der Waals surface area (Å²) in [5, 5.41) is 10.6. The van der Waals surface area contributed by atoms with Crippen molar-refractivity contribution in [2.24, 2.45) is 0 Å². The Balaban J connectivity index is 0.00000225. The van der Waals surface area contributed by atoms with Gasteiger partial charge in [-0.2, -0.15) is 8.42 Å². The maximum absolute atomic E-state index is 10.8. The molecule has 1 aromatic carbocycles. The molecule has 0 amide bonds. The van der Waals surface area contributed by atoms with Crippen LogP contribution in [0.5, 0.6) is 0 Å². The lowest BCUT2D eigenvalue weighted by atomic mass is 10.2. The van der Waals surface area contributed by atoms with Crippen LogP contribution < -0.4 is 0 Å². The van der Waals surface area contributed by atoms with Crippen molar-refractivity contribution in [2.45, 2.75) is 11.8 Å². The molecule has 7 nitrogen and oxygen atoms in total. The molecule has 0 unspecified atom stereocenters. The van der Waals surface area contributed by atoms with Crippen molar-refractivity contribution in [3.8, 4) is 0 Å². The Labute approximate surface area is 95.9 Å². The predicted octanol–water partition coefficient (Wildman–Crippen LogP) is 0.979. The fraction of sp³-hybridized carbons (Fsp3) is 0.143. The Morgan fingerprint density at radius 3 is 2.31 bits per heavy atom. The summed E-state index contributed by atoms with van der Waals surface area (Å²) in [5.41, 5.74) is -0.338. The quantitative estimate of drug-likeness (QED) is 0.486. The lowest BCUT2D eigenvalue weighted by Gasteiger charge is -2.02. The topological polar surface area (TPSA) is 129 Å². The number of rotatable bonds is 2. The van der Waals surface area contributed by atoms with Crippen molar-refractivity contribution in [3.63, 3.8) is 0 Å². The monoisotopic (exact) mass is 269 g/mol. The van der Waals surface area contributed by atoms with E-state index in [0.29, 0.717) is 5.56 Å². The summed E-state index contributed by atoms with van der Waals surface area (Å²) in [6.07, 6.45) is 0. The summed E-state index contributed by atoms with van der Waals surface area (Å²) in [7, 11) is -4.64. The zero-order chi connectivity index (χ0) is 11.8. The maximum atomic E-state index is 10.8. The average Bonchev–Trinajstić information content (AvgIpc) is 2.06. The van der Waals surface area contributed by atoms with Gasteiger partial charge in [-0.15, -0.1) is 0 Å². The zero-order valence-electron chi connectivity index (χ0n) is 7.97. The normalized spacial score (nSPS) is 10.7. The Morgan fingerprint density at radius 1 is 1.44 bits per heavy atom. The SMILES string of the molecule is Cc1cc([N+](=O)[O-])c(S(=O)(=O)O)cc1Cl.O. The van der Waals surface area contributed by atoms with Crippen LogP contribution in [0.1, 0.15) is 5.56 Å². The van der Waals surface area contributed by atoms with Gasteiger partial charge in [0.25, 0.3) is 5.69 Å². The molecule has 1 aromatic rings. The van der Waals surface area contributed by atoms with E-state index in [0.717, 1.165) is 12.1 Å². The van der Waals surface area contributed by atoms with Crippen LogP contribution in [0.4, 0.5) is 5.69 Å². The highest BCUT2D eigenvalue weighted by Gasteiger charge is 2.25. The third kappa shape index (κ3) is 2.89. The van der Waals surface area contributed by atoms with Crippen LogP contribution >= 0.6 is 11.6 Å². The van der Waals surface area contributed by atoms with Gasteiger partial charge in [-0.3, -0.25) is 14.7 Å². The van der Waals surface area contributed by atoms with Gasteiger partial charge in [0.1, 0.15) is 0 Å². The second-order valence-corrected chi connectivity index (χ2v) is 4.60. The summed E-state index contributed by atoms with van der Waals surface area (Å²) >= 11 is 5.60. The molecule has 0 aliphatic rings. The van der Waals surface area contributed by atoms with Crippen LogP contribution in [0.25, 0.3) is 0 Å². The van der Waals surface area contributed by atoms with Gasteiger partial charge in [0, 0.05) is 11.1 Å². The number of benzene rings is 1. The first-order valence-electron chi connectivity index (χ1n) is 3.65. The molecule has 0 atom stereocenters. The molecule has 3 N–H and O–H groups in total. The molecule has 0 bridgehead atoms. The molecule has 0 aliphatic carbocycles. The summed E-state index contributed by atoms with van der Waals surface area (Å²) in [6.45, 7) is 1.49. The van der Waals surface area contributed by atoms with E-state index in [1.807, 2.05) is 0 Å². The van der Waals surface area contributed by atoms with Crippen molar-refractivity contribution in [2.75, 3.05) is 0 Å². The zero-order valence-corrected chi connectivity index (χ0v) is 9.54. The van der Waals surface area contributed by atoms with Gasteiger partial charge >= 0.3 is 10.1 Å². The first-order chi connectivity index (χ1) is 6.73. The highest BCUT2D eigenvalue weighted by atomic mass is 35.5. The van der Waals surface area contributed by atoms with Gasteiger partial charge < -0.3 is 5.48 Å². The molecule has 0 aliphatic heterocycles. The van der Waals surface area contributed by atoms with E-state index in [1.165, 1.54) is 6.92 Å². The van der Waals surface area contributed by atoms with Crippen molar-refractivity contribution >= 4 is 27.4 Å². The highest BCUT2D eigenvalue weighted by Crippen LogP contribution is 2.29. The van der Waals surface area contributed by atoms with Gasteiger partial charge in [-0.05, 0) is 18.6 Å². The predicted molar refractivity (Wildman–Crippen MR) is 56.3 cm³/mol. The number of nitro benzene ring substituents is 1. The van der Waals surface area contributed by atoms with Crippen LogP contribution in [0.3, 0.4) is 0 Å². The largest absolute Gasteiger partial charge is 0.412 e. The van der Waals surface area contributed by atoms with Crippen LogP contribution in [-0.4, -0.2) is 23.4 Å². The molecule has 0 fully saturated rings. The highest BCUT2D eigenvalue weighted by molar-refractivity contribution is 7.86. The number of hydrogen-bond acceptors (Lipinski definition) is 4. The standard InChI is InChI=1S/C7H6ClNO5S.H2O/c1-4-2-6(9(10)11)7(3-5(4)8)15(12,13)14;/h2-3H,1H3,(H,12,13,14);1H2. The van der Waals surface area contributed by atoms with Crippen LogP contribution in [0.15, 0.2) is 17.0 Å². The van der Waals surface area contributed by atoms with E-state index in [9.17, 15) is 18.5 Å². The molecule has 16 heavy (non-hydrogen) atoms. The molecule has 0 aromatic heterocycles. The third-order valence-electron chi connectivity index (χ3n) is 1.71.